The maximum atomic E-state index is 10.2. The van der Waals surface area contributed by atoms with Crippen LogP contribution in [0.25, 0.3) is 240 Å². The van der Waals surface area contributed by atoms with Crippen molar-refractivity contribution in [2.75, 3.05) is 0 Å². The lowest BCUT2D eigenvalue weighted by atomic mass is 9.82. The molecule has 0 amide bonds. The summed E-state index contributed by atoms with van der Waals surface area (Å²) < 4.78 is 437. The molecule has 0 radical (unpaired) electrons. The highest BCUT2D eigenvalue weighted by Gasteiger charge is 2.24. The molecule has 0 N–H and O–H groups in total. The molecule has 25 aromatic carbocycles. The average Bonchev–Trinajstić information content (AvgIpc) is 0.679. The Kier molecular flexibility index (Phi) is 9.70. The van der Waals surface area contributed by atoms with Gasteiger partial charge in [-0.2, -0.15) is 0 Å². The molecule has 0 unspecified atom stereocenters. The van der Waals surface area contributed by atoms with Crippen LogP contribution in [0.1, 0.15) is 67.2 Å². The zero-order valence-corrected chi connectivity index (χ0v) is 64.4. The molecule has 0 bridgehead atoms. The maximum absolute atomic E-state index is 10.2. The summed E-state index contributed by atoms with van der Waals surface area (Å²) in [6.45, 7) is 0. The first-order valence-electron chi connectivity index (χ1n) is 63.5. The van der Waals surface area contributed by atoms with Gasteiger partial charge in [-0.3, -0.25) is 0 Å². The predicted molar refractivity (Wildman–Crippen MR) is 536 cm³/mol. The Bertz CT molecular complexity index is 11600. The minimum Gasteiger partial charge on any atom is -0.0616 e. The summed E-state index contributed by atoms with van der Waals surface area (Å²) in [5, 5.41) is -0.421. The van der Waals surface area contributed by atoms with E-state index in [-0.39, 0.29) is 95.6 Å². The van der Waals surface area contributed by atoms with E-state index in [0.717, 1.165) is 65.7 Å². The maximum Gasteiger partial charge on any atom is 0.0636 e. The van der Waals surface area contributed by atoms with Gasteiger partial charge in [0, 0.05) is 0 Å². The Morgan fingerprint density at radius 2 is 0.371 bits per heavy atom. The van der Waals surface area contributed by atoms with Gasteiger partial charge >= 0.3 is 0 Å². The largest absolute Gasteiger partial charge is 0.0636 e. The first kappa shape index (κ1) is 38.5. The SMILES string of the molecule is [2H]c1c([2H])c([2H])c2c(-c3c([2H])c([2H])c4c(-c5c([2H])c([2H])c([2H])c6c([2H])c([2H])c([2H])c([2H])c56)c5c([2H])c([2H])c([2H])c([2H])c5c(-c5c([2H])c([2H])c([2H])c6c([2H])c([2H])c([2H])c([2H])c56)c4c3[2H])c([2H])c([2H])c([2H])c2c1[2H].[2H]c1c([2H])c([2H])c2c(-c3c4ccccc4c(-c4ccc(-c5ccc6ccccc6c5)cc4)c4ccccc34)c([2H])c([2H])c([2H])c2c1[2H].[2H]c1cc2c(-c3c([2H])c([2H])c([2H])c4c([2H])c([2H])c([2H])c([2H])c34)c3c([2H])c([2H])c([2H])c([2H])c3c(-c3ccc(-c4ccc5ccccc5c4)cc3)c2c([2H])c1[2H]. The normalized spacial score (nSPS) is 17.1. The first-order valence-corrected chi connectivity index (χ1v) is 39.0. The molecule has 0 fully saturated rings. The highest BCUT2D eigenvalue weighted by Crippen LogP contribution is 2.51. The minimum atomic E-state index is -1.13. The van der Waals surface area contributed by atoms with E-state index in [1.807, 2.05) is 115 Å². The van der Waals surface area contributed by atoms with Gasteiger partial charge in [0.05, 0.1) is 67.2 Å². The Hall–Kier alpha value is -16.1. The molecule has 0 atom stereocenters. The number of hydrogen-bond acceptors (Lipinski definition) is 0. The van der Waals surface area contributed by atoms with Crippen molar-refractivity contribution in [3.8, 4) is 100 Å². The molecular formula is C124H80. The molecule has 0 nitrogen and oxygen atoms in total. The van der Waals surface area contributed by atoms with Crippen LogP contribution in [0.3, 0.4) is 0 Å². The lowest BCUT2D eigenvalue weighted by Gasteiger charge is -2.20. The molecule has 0 heteroatoms. The zero-order chi connectivity index (χ0) is 125. The molecule has 576 valence electrons. The van der Waals surface area contributed by atoms with E-state index in [9.17, 15) is 16.4 Å². The standard InChI is InChI=1S/C44H28.2C40H26/c1-4-18-33-29(12-1)15-9-23-36(33)32-26-27-41-42(28-32)44(38-25-11-17-31-14-3-6-20-35(31)38)40-22-8-7-21-39(40)43(41)37-24-10-16-30-13-2-5-19-34(30)37;2*1-2-12-31-26-32(25-22-27(31)10-1)28-20-23-30(24-21-28)39-35-15-5-7-17-37(35)40(38-18-8-6-16-36(38)39)34-19-9-13-29-11-3-4-14-33(29)34/h1-28H;2*1-26H/i1D,2D,3D,4D,5D,6D,7D,8D,9D,10D,11D,12D,13D,14D,15D,16D,17D,18D,19D,20D,21D,22D,23D,24D,25D,26D,27D,28D;3D,4D,5D,6D,7D,8D,9D,11D,13D,14D,15D,16D,17D,19D;3D,4D,9D,11D,13D,14D,19D. The van der Waals surface area contributed by atoms with Crippen molar-refractivity contribution in [2.45, 2.75) is 0 Å². The van der Waals surface area contributed by atoms with Gasteiger partial charge < -0.3 is 0 Å². The molecular weight excluding hydrogens is 1490 g/mol. The van der Waals surface area contributed by atoms with Crippen LogP contribution in [-0.4, -0.2) is 0 Å². The second-order valence-electron chi connectivity index (χ2n) is 28.9. The van der Waals surface area contributed by atoms with Gasteiger partial charge in [0.2, 0.25) is 0 Å². The van der Waals surface area contributed by atoms with Gasteiger partial charge in [-0.25, -0.2) is 0 Å². The van der Waals surface area contributed by atoms with Crippen molar-refractivity contribution in [1.82, 2.24) is 0 Å². The Balaban J connectivity index is 0.000000141. The lowest BCUT2D eigenvalue weighted by molar-refractivity contribution is 1.63. The van der Waals surface area contributed by atoms with Gasteiger partial charge in [-0.1, -0.05) is 466 Å². The fourth-order valence-corrected chi connectivity index (χ4v) is 16.7. The summed E-state index contributed by atoms with van der Waals surface area (Å²) in [6.07, 6.45) is 0. The molecule has 0 saturated heterocycles. The molecule has 0 saturated carbocycles. The van der Waals surface area contributed by atoms with Crippen molar-refractivity contribution < 1.29 is 67.2 Å². The van der Waals surface area contributed by atoms with Gasteiger partial charge in [-0.15, -0.1) is 0 Å². The predicted octanol–water partition coefficient (Wildman–Crippen LogP) is 35.1. The molecule has 0 spiro atoms. The van der Waals surface area contributed by atoms with Gasteiger partial charge in [-0.05, 0) is 258 Å². The fraction of sp³-hybridized carbons (Fsp3) is 0. The summed E-state index contributed by atoms with van der Waals surface area (Å²) in [6, 6.07) is 23.2. The monoisotopic (exact) mass is 1620 g/mol. The molecule has 0 aromatic heterocycles. The van der Waals surface area contributed by atoms with Gasteiger partial charge in [0.1, 0.15) is 0 Å². The van der Waals surface area contributed by atoms with E-state index >= 15 is 0 Å². The van der Waals surface area contributed by atoms with Crippen LogP contribution in [0, 0.1) is 0 Å². The van der Waals surface area contributed by atoms with Crippen LogP contribution >= 0.6 is 0 Å². The molecule has 0 aliphatic heterocycles. The molecule has 124 heavy (non-hydrogen) atoms. The molecule has 25 rings (SSSR count). The first-order chi connectivity index (χ1) is 81.9. The quantitative estimate of drug-likeness (QED) is 0.126. The second kappa shape index (κ2) is 31.2. The van der Waals surface area contributed by atoms with Crippen LogP contribution in [0.2, 0.25) is 0 Å². The lowest BCUT2D eigenvalue weighted by Crippen LogP contribution is -1.93. The fourth-order valence-electron chi connectivity index (χ4n) is 16.7. The van der Waals surface area contributed by atoms with E-state index in [4.69, 9.17) is 50.7 Å². The Labute approximate surface area is 789 Å². The smallest absolute Gasteiger partial charge is 0.0616 e. The number of hydrogen-bond donors (Lipinski definition) is 0. The average molecular weight is 1620 g/mol. The molecule has 25 aromatic rings. The zero-order valence-electron chi connectivity index (χ0n) is 113. The van der Waals surface area contributed by atoms with E-state index in [1.165, 1.54) is 16.8 Å². The second-order valence-corrected chi connectivity index (χ2v) is 28.9. The summed E-state index contributed by atoms with van der Waals surface area (Å²) in [7, 11) is 0. The van der Waals surface area contributed by atoms with Crippen LogP contribution in [-0.2, 0) is 0 Å². The van der Waals surface area contributed by atoms with Crippen LogP contribution < -0.4 is 0 Å². The summed E-state index contributed by atoms with van der Waals surface area (Å²) in [4.78, 5) is 0. The summed E-state index contributed by atoms with van der Waals surface area (Å²) in [5.41, 5.74) is 2.04. The minimum absolute atomic E-state index is 0.00600. The van der Waals surface area contributed by atoms with Crippen LogP contribution in [0.15, 0.2) is 484 Å². The van der Waals surface area contributed by atoms with E-state index in [2.05, 4.69) is 54.6 Å². The third-order valence-corrected chi connectivity index (χ3v) is 22.2. The summed E-state index contributed by atoms with van der Waals surface area (Å²) in [5.74, 6) is 0. The van der Waals surface area contributed by atoms with Crippen molar-refractivity contribution in [3.05, 3.63) is 484 Å². The Morgan fingerprint density at radius 3 is 0.774 bits per heavy atom. The summed E-state index contributed by atoms with van der Waals surface area (Å²) >= 11 is 0. The van der Waals surface area contributed by atoms with Gasteiger partial charge in [0.25, 0.3) is 0 Å². The van der Waals surface area contributed by atoms with Crippen molar-refractivity contribution >= 4 is 140 Å². The topological polar surface area (TPSA) is 0 Å². The van der Waals surface area contributed by atoms with E-state index < -0.39 is 353 Å². The van der Waals surface area contributed by atoms with E-state index in [1.54, 1.807) is 12.1 Å². The van der Waals surface area contributed by atoms with Crippen LogP contribution in [0.5, 0.6) is 0 Å². The van der Waals surface area contributed by atoms with Crippen molar-refractivity contribution in [1.29, 1.82) is 0 Å². The highest BCUT2D eigenvalue weighted by molar-refractivity contribution is 6.28. The molecule has 0 aliphatic carbocycles. The molecule has 0 aliphatic rings. The molecule has 0 heterocycles. The van der Waals surface area contributed by atoms with Crippen LogP contribution in [0.4, 0.5) is 0 Å². The number of fused-ring (bicyclic) bond motifs is 13. The number of rotatable bonds is 9. The van der Waals surface area contributed by atoms with Crippen molar-refractivity contribution in [2.24, 2.45) is 0 Å². The van der Waals surface area contributed by atoms with Gasteiger partial charge in [0.15, 0.2) is 0 Å². The highest BCUT2D eigenvalue weighted by atomic mass is 14.3. The van der Waals surface area contributed by atoms with Crippen molar-refractivity contribution in [3.63, 3.8) is 0 Å². The third-order valence-electron chi connectivity index (χ3n) is 22.2. The Morgan fingerprint density at radius 1 is 0.121 bits per heavy atom. The van der Waals surface area contributed by atoms with E-state index in [0.29, 0.717) is 11.1 Å². The third kappa shape index (κ3) is 12.9. The number of benzene rings is 25.